The van der Waals surface area contributed by atoms with Crippen LogP contribution in [0.4, 0.5) is 14.5 Å². The van der Waals surface area contributed by atoms with E-state index in [-0.39, 0.29) is 30.9 Å². The lowest BCUT2D eigenvalue weighted by molar-refractivity contribution is -0.147. The number of benzene rings is 2. The van der Waals surface area contributed by atoms with Gasteiger partial charge in [0.2, 0.25) is 5.91 Å². The Hall–Kier alpha value is -2.96. The summed E-state index contributed by atoms with van der Waals surface area (Å²) in [6.45, 7) is -0.0114. The molecule has 7 heteroatoms. The van der Waals surface area contributed by atoms with Crippen molar-refractivity contribution < 1.29 is 28.2 Å². The van der Waals surface area contributed by atoms with Crippen molar-refractivity contribution >= 4 is 17.6 Å². The fourth-order valence-electron chi connectivity index (χ4n) is 2.40. The average molecular weight is 347 g/mol. The fourth-order valence-corrected chi connectivity index (χ4v) is 2.40. The van der Waals surface area contributed by atoms with Crippen molar-refractivity contribution in [1.82, 2.24) is 0 Å². The second-order valence-corrected chi connectivity index (χ2v) is 5.91. The largest absolute Gasteiger partial charge is 0.486 e. The van der Waals surface area contributed by atoms with Gasteiger partial charge >= 0.3 is 5.97 Å². The van der Waals surface area contributed by atoms with Crippen molar-refractivity contribution in [3.63, 3.8) is 0 Å². The molecule has 0 spiro atoms. The van der Waals surface area contributed by atoms with E-state index in [1.807, 2.05) is 0 Å². The number of hydrogen-bond acceptors (Lipinski definition) is 3. The molecule has 2 aromatic rings. The summed E-state index contributed by atoms with van der Waals surface area (Å²) in [5, 5.41) is 11.5. The Bertz CT molecular complexity index is 834. The summed E-state index contributed by atoms with van der Waals surface area (Å²) in [5.74, 6) is -3.02. The molecule has 1 aliphatic carbocycles. The minimum absolute atomic E-state index is 0.0114. The first-order chi connectivity index (χ1) is 11.9. The molecule has 2 aromatic carbocycles. The Balaban J connectivity index is 1.65. The molecule has 1 amide bonds. The lowest BCUT2D eigenvalue weighted by atomic mass is 10.1. The van der Waals surface area contributed by atoms with Gasteiger partial charge in [-0.05, 0) is 42.7 Å². The van der Waals surface area contributed by atoms with Crippen LogP contribution in [0.3, 0.4) is 0 Å². The first-order valence-electron chi connectivity index (χ1n) is 7.62. The third kappa shape index (κ3) is 3.60. The standard InChI is InChI=1S/C18H15F2NO4/c19-12-3-1-2-11(8-12)10-25-15-5-4-13(9-14(15)20)21-16(22)18(6-7-18)17(23)24/h1-5,8-9H,6-7,10H2,(H,21,22)(H,23,24). The topological polar surface area (TPSA) is 75.6 Å². The van der Waals surface area contributed by atoms with Crippen LogP contribution in [0.5, 0.6) is 5.75 Å². The monoisotopic (exact) mass is 347 g/mol. The van der Waals surface area contributed by atoms with E-state index in [0.717, 1.165) is 6.07 Å². The highest BCUT2D eigenvalue weighted by atomic mass is 19.1. The van der Waals surface area contributed by atoms with Gasteiger partial charge in [-0.15, -0.1) is 0 Å². The lowest BCUT2D eigenvalue weighted by Gasteiger charge is -2.12. The molecule has 0 radical (unpaired) electrons. The molecule has 25 heavy (non-hydrogen) atoms. The Morgan fingerprint density at radius 1 is 1.16 bits per heavy atom. The summed E-state index contributed by atoms with van der Waals surface area (Å²) in [6, 6.07) is 9.55. The van der Waals surface area contributed by atoms with Gasteiger partial charge < -0.3 is 15.2 Å². The second kappa shape index (κ2) is 6.51. The number of carbonyl (C=O) groups is 2. The van der Waals surface area contributed by atoms with Gasteiger partial charge in [0.25, 0.3) is 0 Å². The van der Waals surface area contributed by atoms with E-state index in [1.165, 1.54) is 30.3 Å². The van der Waals surface area contributed by atoms with Gasteiger partial charge in [0.1, 0.15) is 17.8 Å². The number of amides is 1. The molecule has 1 fully saturated rings. The van der Waals surface area contributed by atoms with E-state index in [0.29, 0.717) is 5.56 Å². The molecule has 0 aliphatic heterocycles. The zero-order valence-corrected chi connectivity index (χ0v) is 13.1. The molecule has 2 N–H and O–H groups in total. The maximum Gasteiger partial charge on any atom is 0.319 e. The summed E-state index contributed by atoms with van der Waals surface area (Å²) in [5.41, 5.74) is -0.703. The summed E-state index contributed by atoms with van der Waals surface area (Å²) in [7, 11) is 0. The smallest absolute Gasteiger partial charge is 0.319 e. The van der Waals surface area contributed by atoms with Gasteiger partial charge in [0.15, 0.2) is 11.6 Å². The van der Waals surface area contributed by atoms with Gasteiger partial charge in [-0.1, -0.05) is 12.1 Å². The first kappa shape index (κ1) is 16.9. The number of carbonyl (C=O) groups excluding carboxylic acids is 1. The van der Waals surface area contributed by atoms with Crippen LogP contribution in [0, 0.1) is 17.0 Å². The summed E-state index contributed by atoms with van der Waals surface area (Å²) in [4.78, 5) is 23.1. The molecule has 0 unspecified atom stereocenters. The van der Waals surface area contributed by atoms with E-state index in [4.69, 9.17) is 9.84 Å². The van der Waals surface area contributed by atoms with Crippen LogP contribution in [0.2, 0.25) is 0 Å². The summed E-state index contributed by atoms with van der Waals surface area (Å²) >= 11 is 0. The molecule has 0 saturated heterocycles. The van der Waals surface area contributed by atoms with Gasteiger partial charge in [0.05, 0.1) is 0 Å². The Morgan fingerprint density at radius 2 is 1.92 bits per heavy atom. The van der Waals surface area contributed by atoms with Gasteiger partial charge in [0, 0.05) is 11.8 Å². The molecule has 5 nitrogen and oxygen atoms in total. The van der Waals surface area contributed by atoms with E-state index >= 15 is 0 Å². The summed E-state index contributed by atoms with van der Waals surface area (Å²) < 4.78 is 32.5. The van der Waals surface area contributed by atoms with Crippen molar-refractivity contribution in [3.05, 3.63) is 59.7 Å². The minimum Gasteiger partial charge on any atom is -0.486 e. The number of carboxylic acid groups (broad SMARTS) is 1. The number of halogens is 2. The van der Waals surface area contributed by atoms with Crippen LogP contribution in [0.25, 0.3) is 0 Å². The van der Waals surface area contributed by atoms with Gasteiger partial charge in [-0.3, -0.25) is 9.59 Å². The molecule has 1 aliphatic rings. The third-order valence-corrected chi connectivity index (χ3v) is 4.07. The highest BCUT2D eigenvalue weighted by Crippen LogP contribution is 2.46. The highest BCUT2D eigenvalue weighted by Gasteiger charge is 2.57. The van der Waals surface area contributed by atoms with E-state index < -0.39 is 28.9 Å². The number of carboxylic acids is 1. The van der Waals surface area contributed by atoms with Crippen molar-refractivity contribution in [2.24, 2.45) is 5.41 Å². The van der Waals surface area contributed by atoms with Crippen molar-refractivity contribution in [1.29, 1.82) is 0 Å². The van der Waals surface area contributed by atoms with Crippen LogP contribution < -0.4 is 10.1 Å². The number of nitrogens with one attached hydrogen (secondary N) is 1. The molecule has 1 saturated carbocycles. The first-order valence-corrected chi connectivity index (χ1v) is 7.62. The van der Waals surface area contributed by atoms with Crippen LogP contribution in [-0.4, -0.2) is 17.0 Å². The molecule has 3 rings (SSSR count). The van der Waals surface area contributed by atoms with E-state index in [9.17, 15) is 18.4 Å². The predicted octanol–water partition coefficient (Wildman–Crippen LogP) is 3.35. The number of aliphatic carboxylic acids is 1. The molecule has 0 heterocycles. The molecule has 130 valence electrons. The van der Waals surface area contributed by atoms with Crippen LogP contribution in [0.1, 0.15) is 18.4 Å². The van der Waals surface area contributed by atoms with Crippen molar-refractivity contribution in [2.75, 3.05) is 5.32 Å². The average Bonchev–Trinajstić information content (AvgIpc) is 3.36. The molecule has 0 bridgehead atoms. The predicted molar refractivity (Wildman–Crippen MR) is 85.1 cm³/mol. The van der Waals surface area contributed by atoms with Crippen LogP contribution >= 0.6 is 0 Å². The number of hydrogen-bond donors (Lipinski definition) is 2. The normalized spacial score (nSPS) is 14.6. The SMILES string of the molecule is O=C(O)C1(C(=O)Nc2ccc(OCc3cccc(F)c3)c(F)c2)CC1. The zero-order valence-electron chi connectivity index (χ0n) is 13.1. The van der Waals surface area contributed by atoms with Crippen LogP contribution in [-0.2, 0) is 16.2 Å². The Kier molecular flexibility index (Phi) is 4.39. The quantitative estimate of drug-likeness (QED) is 0.786. The van der Waals surface area contributed by atoms with Crippen molar-refractivity contribution in [2.45, 2.75) is 19.4 Å². The fraction of sp³-hybridized carbons (Fsp3) is 0.222. The highest BCUT2D eigenvalue weighted by molar-refractivity contribution is 6.10. The van der Waals surface area contributed by atoms with E-state index in [1.54, 1.807) is 6.07 Å². The summed E-state index contributed by atoms with van der Waals surface area (Å²) in [6.07, 6.45) is 0.539. The number of anilines is 1. The molecular formula is C18H15F2NO4. The lowest BCUT2D eigenvalue weighted by Crippen LogP contribution is -2.31. The Labute approximate surface area is 142 Å². The zero-order chi connectivity index (χ0) is 18.0. The third-order valence-electron chi connectivity index (χ3n) is 4.07. The molecular weight excluding hydrogens is 332 g/mol. The molecule has 0 atom stereocenters. The molecule has 0 aromatic heterocycles. The van der Waals surface area contributed by atoms with Crippen molar-refractivity contribution in [3.8, 4) is 5.75 Å². The number of rotatable bonds is 6. The Morgan fingerprint density at radius 3 is 2.52 bits per heavy atom. The maximum absolute atomic E-state index is 14.1. The van der Waals surface area contributed by atoms with Gasteiger partial charge in [-0.2, -0.15) is 0 Å². The minimum atomic E-state index is -1.40. The maximum atomic E-state index is 14.1. The number of ether oxygens (including phenoxy) is 1. The van der Waals surface area contributed by atoms with Crippen LogP contribution in [0.15, 0.2) is 42.5 Å². The second-order valence-electron chi connectivity index (χ2n) is 5.91. The van der Waals surface area contributed by atoms with E-state index in [2.05, 4.69) is 5.32 Å². The van der Waals surface area contributed by atoms with Gasteiger partial charge in [-0.25, -0.2) is 8.78 Å².